The number of nitrogens with zero attached hydrogens (tertiary/aromatic N) is 4. The van der Waals surface area contributed by atoms with Gasteiger partial charge in [0.05, 0.1) is 17.8 Å². The molecule has 1 aromatic carbocycles. The zero-order chi connectivity index (χ0) is 26.8. The zero-order valence-electron chi connectivity index (χ0n) is 21.8. The minimum absolute atomic E-state index is 0.00103. The van der Waals surface area contributed by atoms with Gasteiger partial charge in [-0.05, 0) is 92.6 Å². The molecule has 0 unspecified atom stereocenters. The van der Waals surface area contributed by atoms with Crippen LogP contribution in [0.4, 0.5) is 11.4 Å². The van der Waals surface area contributed by atoms with Crippen molar-refractivity contribution < 1.29 is 9.53 Å². The van der Waals surface area contributed by atoms with E-state index in [2.05, 4.69) is 50.0 Å². The first kappa shape index (κ1) is 25.6. The van der Waals surface area contributed by atoms with Gasteiger partial charge < -0.3 is 24.8 Å². The van der Waals surface area contributed by atoms with Gasteiger partial charge in [0.25, 0.3) is 0 Å². The van der Waals surface area contributed by atoms with E-state index < -0.39 is 0 Å². The fourth-order valence-electron chi connectivity index (χ4n) is 5.13. The summed E-state index contributed by atoms with van der Waals surface area (Å²) in [5.41, 5.74) is 6.80. The lowest BCUT2D eigenvalue weighted by atomic mass is 9.96. The smallest absolute Gasteiger partial charge is 0.250 e. The van der Waals surface area contributed by atoms with Crippen molar-refractivity contribution in [1.29, 1.82) is 0 Å². The third-order valence-electron chi connectivity index (χ3n) is 6.80. The Bertz CT molecular complexity index is 1470. The standard InChI is InChI=1S/C29H30N6O2S/c1-18-15-21(11-12-23(18)32-26(36)17-37-4)35-28(27(33-29(35)38)24-9-5-7-13-30-24)22-16-19(2)34(20(22)3)25-10-6-8-14-31-25/h5-16,27-28H,17H2,1-4H3,(H,32,36)(H,33,38)/t27-,28+/m0/s1. The normalized spacial score (nSPS) is 16.9. The second kappa shape index (κ2) is 10.7. The molecule has 0 saturated carbocycles. The summed E-state index contributed by atoms with van der Waals surface area (Å²) in [6.07, 6.45) is 3.61. The summed E-state index contributed by atoms with van der Waals surface area (Å²) < 4.78 is 7.12. The third kappa shape index (κ3) is 4.78. The maximum atomic E-state index is 12.1. The second-order valence-corrected chi connectivity index (χ2v) is 9.71. The van der Waals surface area contributed by atoms with E-state index >= 15 is 0 Å². The third-order valence-corrected chi connectivity index (χ3v) is 7.12. The fourth-order valence-corrected chi connectivity index (χ4v) is 5.48. The van der Waals surface area contributed by atoms with Crippen LogP contribution in [0.2, 0.25) is 0 Å². The average molecular weight is 527 g/mol. The summed E-state index contributed by atoms with van der Waals surface area (Å²) in [6, 6.07) is 19.7. The van der Waals surface area contributed by atoms with Crippen molar-refractivity contribution in [3.05, 3.63) is 101 Å². The van der Waals surface area contributed by atoms with E-state index in [4.69, 9.17) is 17.0 Å². The lowest BCUT2D eigenvalue weighted by molar-refractivity contribution is -0.119. The highest BCUT2D eigenvalue weighted by Crippen LogP contribution is 2.44. The summed E-state index contributed by atoms with van der Waals surface area (Å²) in [4.78, 5) is 23.5. The first-order valence-corrected chi connectivity index (χ1v) is 12.8. The maximum Gasteiger partial charge on any atom is 0.250 e. The quantitative estimate of drug-likeness (QED) is 0.330. The number of hydrogen-bond acceptors (Lipinski definition) is 5. The summed E-state index contributed by atoms with van der Waals surface area (Å²) >= 11 is 5.92. The van der Waals surface area contributed by atoms with E-state index in [1.54, 1.807) is 12.4 Å². The molecule has 1 saturated heterocycles. The van der Waals surface area contributed by atoms with Gasteiger partial charge in [-0.25, -0.2) is 4.98 Å². The molecule has 194 valence electrons. The van der Waals surface area contributed by atoms with Crippen LogP contribution in [0.15, 0.2) is 73.1 Å². The number of aryl methyl sites for hydroxylation is 2. The summed E-state index contributed by atoms with van der Waals surface area (Å²) in [6.45, 7) is 6.18. The van der Waals surface area contributed by atoms with Crippen LogP contribution in [-0.2, 0) is 9.53 Å². The first-order valence-electron chi connectivity index (χ1n) is 12.4. The molecule has 2 atom stereocenters. The number of nitrogens with one attached hydrogen (secondary N) is 2. The highest BCUT2D eigenvalue weighted by molar-refractivity contribution is 7.80. The number of benzene rings is 1. The largest absolute Gasteiger partial charge is 0.375 e. The molecular weight excluding hydrogens is 496 g/mol. The molecule has 4 aromatic rings. The summed E-state index contributed by atoms with van der Waals surface area (Å²) in [5, 5.41) is 7.05. The highest BCUT2D eigenvalue weighted by atomic mass is 32.1. The molecule has 1 amide bonds. The number of aromatic nitrogens is 3. The number of pyridine rings is 2. The molecule has 1 aliphatic heterocycles. The van der Waals surface area contributed by atoms with Crippen molar-refractivity contribution in [3.8, 4) is 5.82 Å². The van der Waals surface area contributed by atoms with Crippen LogP contribution in [-0.4, -0.2) is 39.3 Å². The predicted octanol–water partition coefficient (Wildman–Crippen LogP) is 4.95. The summed E-state index contributed by atoms with van der Waals surface area (Å²) in [5.74, 6) is 0.673. The number of thiocarbonyl (C=S) groups is 1. The van der Waals surface area contributed by atoms with E-state index in [1.807, 2.05) is 61.5 Å². The van der Waals surface area contributed by atoms with Crippen molar-refractivity contribution in [3.63, 3.8) is 0 Å². The van der Waals surface area contributed by atoms with E-state index in [1.165, 1.54) is 7.11 Å². The molecule has 1 fully saturated rings. The molecule has 2 N–H and O–H groups in total. The Morgan fingerprint density at radius 2 is 1.82 bits per heavy atom. The minimum Gasteiger partial charge on any atom is -0.375 e. The minimum atomic E-state index is -0.197. The van der Waals surface area contributed by atoms with Gasteiger partial charge in [0.1, 0.15) is 12.4 Å². The number of rotatable bonds is 7. The summed E-state index contributed by atoms with van der Waals surface area (Å²) in [7, 11) is 1.50. The Kier molecular flexibility index (Phi) is 7.22. The van der Waals surface area contributed by atoms with Crippen LogP contribution >= 0.6 is 12.2 Å². The predicted molar refractivity (Wildman–Crippen MR) is 153 cm³/mol. The van der Waals surface area contributed by atoms with Crippen LogP contribution in [0.1, 0.15) is 40.3 Å². The average Bonchev–Trinajstić information content (AvgIpc) is 3.41. The molecule has 3 aromatic heterocycles. The molecule has 0 aliphatic carbocycles. The fraction of sp³-hybridized carbons (Fsp3) is 0.241. The van der Waals surface area contributed by atoms with Crippen LogP contribution in [0, 0.1) is 20.8 Å². The highest BCUT2D eigenvalue weighted by Gasteiger charge is 2.42. The first-order chi connectivity index (χ1) is 18.4. The second-order valence-electron chi connectivity index (χ2n) is 9.33. The Morgan fingerprint density at radius 3 is 2.47 bits per heavy atom. The molecule has 5 rings (SSSR count). The Hall–Kier alpha value is -4.08. The Balaban J connectivity index is 1.60. The number of ether oxygens (including phenoxy) is 1. The zero-order valence-corrected chi connectivity index (χ0v) is 22.6. The molecule has 38 heavy (non-hydrogen) atoms. The van der Waals surface area contributed by atoms with E-state index in [-0.39, 0.29) is 24.6 Å². The van der Waals surface area contributed by atoms with Gasteiger partial charge in [-0.3, -0.25) is 9.78 Å². The van der Waals surface area contributed by atoms with Crippen LogP contribution in [0.3, 0.4) is 0 Å². The van der Waals surface area contributed by atoms with E-state index in [0.717, 1.165) is 45.4 Å². The maximum absolute atomic E-state index is 12.1. The van der Waals surface area contributed by atoms with Crippen LogP contribution in [0.5, 0.6) is 0 Å². The lowest BCUT2D eigenvalue weighted by Gasteiger charge is -2.29. The van der Waals surface area contributed by atoms with Gasteiger partial charge in [0.2, 0.25) is 5.91 Å². The Morgan fingerprint density at radius 1 is 1.05 bits per heavy atom. The van der Waals surface area contributed by atoms with Crippen molar-refractivity contribution >= 4 is 34.6 Å². The number of carbonyl (C=O) groups excluding carboxylic acids is 1. The van der Waals surface area contributed by atoms with Crippen molar-refractivity contribution in [1.82, 2.24) is 19.9 Å². The molecular formula is C29H30N6O2S. The number of anilines is 2. The van der Waals surface area contributed by atoms with Crippen LogP contribution in [0.25, 0.3) is 5.82 Å². The number of methoxy groups -OCH3 is 1. The monoisotopic (exact) mass is 526 g/mol. The SMILES string of the molecule is COCC(=O)Nc1ccc(N2C(=S)N[C@@H](c3ccccn3)[C@H]2c2cc(C)n(-c3ccccn3)c2C)cc1C. The molecule has 8 nitrogen and oxygen atoms in total. The van der Waals surface area contributed by atoms with Crippen molar-refractivity contribution in [2.75, 3.05) is 23.9 Å². The van der Waals surface area contributed by atoms with E-state index in [0.29, 0.717) is 5.11 Å². The number of hydrogen-bond donors (Lipinski definition) is 2. The van der Waals surface area contributed by atoms with Crippen molar-refractivity contribution in [2.24, 2.45) is 0 Å². The van der Waals surface area contributed by atoms with Crippen molar-refractivity contribution in [2.45, 2.75) is 32.9 Å². The lowest BCUT2D eigenvalue weighted by Crippen LogP contribution is -2.29. The van der Waals surface area contributed by atoms with Gasteiger partial charge in [-0.15, -0.1) is 0 Å². The topological polar surface area (TPSA) is 84.3 Å². The van der Waals surface area contributed by atoms with Gasteiger partial charge >= 0.3 is 0 Å². The molecule has 9 heteroatoms. The molecule has 4 heterocycles. The molecule has 0 spiro atoms. The van der Waals surface area contributed by atoms with Gasteiger partial charge in [0.15, 0.2) is 5.11 Å². The molecule has 0 radical (unpaired) electrons. The Labute approximate surface area is 227 Å². The van der Waals surface area contributed by atoms with Crippen LogP contribution < -0.4 is 15.5 Å². The number of carbonyl (C=O) groups is 1. The number of amides is 1. The van der Waals surface area contributed by atoms with Gasteiger partial charge in [-0.2, -0.15) is 0 Å². The van der Waals surface area contributed by atoms with Gasteiger partial charge in [-0.1, -0.05) is 12.1 Å². The molecule has 0 bridgehead atoms. The molecule has 1 aliphatic rings. The van der Waals surface area contributed by atoms with Gasteiger partial charge in [0, 0.05) is 42.3 Å². The van der Waals surface area contributed by atoms with E-state index in [9.17, 15) is 4.79 Å².